The molecule has 0 heterocycles. The number of nitrogens with one attached hydrogen (secondary N) is 1. The number of nitrogens with zero attached hydrogens (tertiary/aromatic N) is 1. The van der Waals surface area contributed by atoms with Crippen molar-refractivity contribution in [1.82, 2.24) is 5.32 Å². The Bertz CT molecular complexity index is 851. The van der Waals surface area contributed by atoms with Crippen LogP contribution in [0, 0.1) is 0 Å². The van der Waals surface area contributed by atoms with Crippen LogP contribution in [0.4, 0.5) is 10.5 Å². The van der Waals surface area contributed by atoms with E-state index in [9.17, 15) is 14.4 Å². The molecule has 2 aromatic rings. The Balaban J connectivity index is 1.84. The summed E-state index contributed by atoms with van der Waals surface area (Å²) in [5.41, 5.74) is 1.53. The van der Waals surface area contributed by atoms with Crippen molar-refractivity contribution in [3.05, 3.63) is 59.7 Å². The largest absolute Gasteiger partial charge is 0.497 e. The molecule has 0 atom stereocenters. The van der Waals surface area contributed by atoms with Gasteiger partial charge in [-0.2, -0.15) is 0 Å². The van der Waals surface area contributed by atoms with Crippen LogP contribution in [0.15, 0.2) is 48.5 Å². The molecule has 2 amide bonds. The van der Waals surface area contributed by atoms with Gasteiger partial charge in [-0.15, -0.1) is 0 Å². The van der Waals surface area contributed by atoms with Crippen LogP contribution in [0.25, 0.3) is 0 Å². The van der Waals surface area contributed by atoms with E-state index >= 15 is 0 Å². The summed E-state index contributed by atoms with van der Waals surface area (Å²) in [6, 6.07) is 13.9. The molecule has 0 radical (unpaired) electrons. The van der Waals surface area contributed by atoms with E-state index < -0.39 is 24.6 Å². The van der Waals surface area contributed by atoms with Crippen LogP contribution in [0.3, 0.4) is 0 Å². The number of hydrogen-bond acceptors (Lipinski definition) is 6. The number of carbonyl (C=O) groups excluding carboxylic acids is 3. The van der Waals surface area contributed by atoms with Gasteiger partial charge in [-0.1, -0.05) is 24.3 Å². The molecule has 0 saturated heterocycles. The van der Waals surface area contributed by atoms with Gasteiger partial charge in [0, 0.05) is 13.6 Å². The van der Waals surface area contributed by atoms with Gasteiger partial charge in [0.15, 0.2) is 6.61 Å². The molecule has 1 N–H and O–H groups in total. The summed E-state index contributed by atoms with van der Waals surface area (Å²) >= 11 is 0. The summed E-state index contributed by atoms with van der Waals surface area (Å²) in [6.07, 6.45) is 0.0118. The number of benzene rings is 2. The molecule has 0 aliphatic rings. The van der Waals surface area contributed by atoms with Crippen molar-refractivity contribution >= 4 is 23.7 Å². The number of esters is 1. The highest BCUT2D eigenvalue weighted by Gasteiger charge is 2.20. The quantitative estimate of drug-likeness (QED) is 0.684. The Labute approximate surface area is 169 Å². The Morgan fingerprint density at radius 3 is 2.34 bits per heavy atom. The summed E-state index contributed by atoms with van der Waals surface area (Å²) < 4.78 is 14.8. The average Bonchev–Trinajstić information content (AvgIpc) is 2.76. The first-order valence-electron chi connectivity index (χ1n) is 8.93. The van der Waals surface area contributed by atoms with Gasteiger partial charge >= 0.3 is 12.1 Å². The van der Waals surface area contributed by atoms with Crippen LogP contribution >= 0.6 is 0 Å². The second-order valence-electron chi connectivity index (χ2n) is 6.07. The van der Waals surface area contributed by atoms with Crippen LogP contribution in [-0.4, -0.2) is 52.4 Å². The number of hydrogen-bond donors (Lipinski definition) is 1. The molecule has 0 bridgehead atoms. The molecule has 2 rings (SSSR count). The van der Waals surface area contributed by atoms with Crippen molar-refractivity contribution in [2.75, 3.05) is 39.3 Å². The highest BCUT2D eigenvalue weighted by Crippen LogP contribution is 2.20. The molecule has 0 aliphatic carbocycles. The smallest absolute Gasteiger partial charge is 0.413 e. The maximum Gasteiger partial charge on any atom is 0.413 e. The third-order valence-electron chi connectivity index (χ3n) is 4.16. The Kier molecular flexibility index (Phi) is 8.02. The minimum atomic E-state index is -0.707. The number of para-hydroxylation sites is 1. The summed E-state index contributed by atoms with van der Waals surface area (Å²) in [5, 5.41) is 2.70. The second kappa shape index (κ2) is 10.7. The van der Waals surface area contributed by atoms with E-state index in [4.69, 9.17) is 9.47 Å². The highest BCUT2D eigenvalue weighted by molar-refractivity contribution is 6.01. The van der Waals surface area contributed by atoms with Crippen LogP contribution < -0.4 is 15.0 Å². The van der Waals surface area contributed by atoms with Crippen molar-refractivity contribution in [1.29, 1.82) is 0 Å². The normalized spacial score (nSPS) is 10.0. The number of amides is 2. The minimum Gasteiger partial charge on any atom is -0.497 e. The van der Waals surface area contributed by atoms with E-state index in [1.165, 1.54) is 25.1 Å². The zero-order valence-corrected chi connectivity index (χ0v) is 16.6. The minimum absolute atomic E-state index is 0.159. The molecule has 0 unspecified atom stereocenters. The molecule has 0 saturated carbocycles. The molecule has 8 nitrogen and oxygen atoms in total. The maximum atomic E-state index is 12.3. The average molecular weight is 400 g/mol. The molecular formula is C21H24N2O6. The molecular weight excluding hydrogens is 376 g/mol. The van der Waals surface area contributed by atoms with E-state index in [0.29, 0.717) is 18.7 Å². The Morgan fingerprint density at radius 2 is 1.69 bits per heavy atom. The summed E-state index contributed by atoms with van der Waals surface area (Å²) in [4.78, 5) is 37.2. The SMILES string of the molecule is COC(=O)N(C)c1ccccc1C(=O)OCC(=O)NCCc1ccc(OC)cc1. The molecule has 0 spiro atoms. The third kappa shape index (κ3) is 6.24. The second-order valence-corrected chi connectivity index (χ2v) is 6.07. The molecule has 29 heavy (non-hydrogen) atoms. The molecule has 2 aromatic carbocycles. The van der Waals surface area contributed by atoms with Crippen LogP contribution in [-0.2, 0) is 20.7 Å². The van der Waals surface area contributed by atoms with Gasteiger partial charge in [0.1, 0.15) is 5.75 Å². The fourth-order valence-corrected chi connectivity index (χ4v) is 2.57. The molecule has 8 heteroatoms. The van der Waals surface area contributed by atoms with Gasteiger partial charge in [0.05, 0.1) is 25.5 Å². The van der Waals surface area contributed by atoms with Crippen molar-refractivity contribution in [2.24, 2.45) is 0 Å². The number of carbonyl (C=O) groups is 3. The highest BCUT2D eigenvalue weighted by atomic mass is 16.5. The van der Waals surface area contributed by atoms with E-state index in [1.54, 1.807) is 25.3 Å². The lowest BCUT2D eigenvalue weighted by molar-refractivity contribution is -0.124. The fraction of sp³-hybridized carbons (Fsp3) is 0.286. The maximum absolute atomic E-state index is 12.3. The van der Waals surface area contributed by atoms with E-state index in [2.05, 4.69) is 10.1 Å². The van der Waals surface area contributed by atoms with E-state index in [1.807, 2.05) is 24.3 Å². The van der Waals surface area contributed by atoms with Crippen molar-refractivity contribution < 1.29 is 28.6 Å². The zero-order valence-electron chi connectivity index (χ0n) is 16.6. The topological polar surface area (TPSA) is 94.2 Å². The van der Waals surface area contributed by atoms with Gasteiger partial charge in [-0.05, 0) is 36.2 Å². The lowest BCUT2D eigenvalue weighted by Gasteiger charge is -2.18. The number of ether oxygens (including phenoxy) is 3. The Morgan fingerprint density at radius 1 is 1.00 bits per heavy atom. The number of anilines is 1. The van der Waals surface area contributed by atoms with Crippen molar-refractivity contribution in [3.63, 3.8) is 0 Å². The first-order valence-corrected chi connectivity index (χ1v) is 8.93. The van der Waals surface area contributed by atoms with Crippen LogP contribution in [0.1, 0.15) is 15.9 Å². The van der Waals surface area contributed by atoms with Gasteiger partial charge in [0.25, 0.3) is 5.91 Å². The Hall–Kier alpha value is -3.55. The third-order valence-corrected chi connectivity index (χ3v) is 4.16. The zero-order chi connectivity index (χ0) is 21.2. The number of methoxy groups -OCH3 is 2. The van der Waals surface area contributed by atoms with Crippen molar-refractivity contribution in [2.45, 2.75) is 6.42 Å². The van der Waals surface area contributed by atoms with E-state index in [-0.39, 0.29) is 5.56 Å². The van der Waals surface area contributed by atoms with E-state index in [0.717, 1.165) is 11.3 Å². The monoisotopic (exact) mass is 400 g/mol. The molecule has 0 aliphatic heterocycles. The van der Waals surface area contributed by atoms with Gasteiger partial charge in [0.2, 0.25) is 0 Å². The van der Waals surface area contributed by atoms with Crippen LogP contribution in [0.2, 0.25) is 0 Å². The predicted octanol–water partition coefficient (Wildman–Crippen LogP) is 2.41. The first-order chi connectivity index (χ1) is 14.0. The molecule has 0 aromatic heterocycles. The fourth-order valence-electron chi connectivity index (χ4n) is 2.57. The number of rotatable bonds is 8. The lowest BCUT2D eigenvalue weighted by Crippen LogP contribution is -2.31. The summed E-state index contributed by atoms with van der Waals surface area (Å²) in [6.45, 7) is -0.0118. The predicted molar refractivity (Wildman–Crippen MR) is 107 cm³/mol. The molecule has 0 fully saturated rings. The van der Waals surface area contributed by atoms with Gasteiger partial charge < -0.3 is 19.5 Å². The summed E-state index contributed by atoms with van der Waals surface area (Å²) in [5.74, 6) is -0.352. The standard InChI is InChI=1S/C21H24N2O6/c1-23(21(26)28-3)18-7-5-4-6-17(18)20(25)29-14-19(24)22-13-12-15-8-10-16(27-2)11-9-15/h4-11H,12-14H2,1-3H3,(H,22,24). The van der Waals surface area contributed by atoms with Gasteiger partial charge in [-0.25, -0.2) is 9.59 Å². The van der Waals surface area contributed by atoms with Gasteiger partial charge in [-0.3, -0.25) is 9.69 Å². The first kappa shape index (κ1) is 21.7. The molecule has 154 valence electrons. The van der Waals surface area contributed by atoms with Crippen molar-refractivity contribution in [3.8, 4) is 5.75 Å². The summed E-state index contributed by atoms with van der Waals surface area (Å²) in [7, 11) is 4.32. The van der Waals surface area contributed by atoms with Crippen LogP contribution in [0.5, 0.6) is 5.75 Å². The lowest BCUT2D eigenvalue weighted by atomic mass is 10.1.